The van der Waals surface area contributed by atoms with Crippen molar-refractivity contribution in [1.29, 1.82) is 0 Å². The molecule has 148 valence electrons. The zero-order valence-electron chi connectivity index (χ0n) is 16.5. The van der Waals surface area contributed by atoms with Crippen LogP contribution in [0.15, 0.2) is 85.1 Å². The van der Waals surface area contributed by atoms with Gasteiger partial charge in [-0.1, -0.05) is 60.7 Å². The molecule has 4 rings (SSSR count). The third kappa shape index (κ3) is 4.34. The van der Waals surface area contributed by atoms with Crippen molar-refractivity contribution in [1.82, 2.24) is 10.3 Å². The van der Waals surface area contributed by atoms with Crippen molar-refractivity contribution < 1.29 is 9.84 Å². The van der Waals surface area contributed by atoms with Crippen LogP contribution in [0, 0.1) is 0 Å². The van der Waals surface area contributed by atoms with Crippen LogP contribution in [0.4, 0.5) is 0 Å². The van der Waals surface area contributed by atoms with E-state index in [9.17, 15) is 5.11 Å². The van der Waals surface area contributed by atoms with E-state index in [-0.39, 0.29) is 5.92 Å². The first kappa shape index (κ1) is 19.2. The Morgan fingerprint density at radius 3 is 2.34 bits per heavy atom. The number of rotatable bonds is 8. The number of hydrogen-bond donors (Lipinski definition) is 3. The molecule has 2 atom stereocenters. The van der Waals surface area contributed by atoms with Crippen LogP contribution in [-0.2, 0) is 0 Å². The van der Waals surface area contributed by atoms with Crippen LogP contribution in [0.1, 0.15) is 28.7 Å². The Morgan fingerprint density at radius 1 is 0.862 bits per heavy atom. The molecule has 0 radical (unpaired) electrons. The fourth-order valence-electron chi connectivity index (χ4n) is 3.78. The van der Waals surface area contributed by atoms with Crippen LogP contribution in [0.2, 0.25) is 0 Å². The predicted molar refractivity (Wildman–Crippen MR) is 117 cm³/mol. The van der Waals surface area contributed by atoms with Crippen molar-refractivity contribution in [2.24, 2.45) is 0 Å². The first-order chi connectivity index (χ1) is 14.3. The number of para-hydroxylation sites is 1. The predicted octanol–water partition coefficient (Wildman–Crippen LogP) is 4.63. The maximum Gasteiger partial charge on any atom is 0.118 e. The molecule has 0 bridgehead atoms. The number of ether oxygens (including phenoxy) is 1. The maximum absolute atomic E-state index is 10.5. The van der Waals surface area contributed by atoms with E-state index in [2.05, 4.69) is 46.8 Å². The average molecular weight is 386 g/mol. The van der Waals surface area contributed by atoms with Gasteiger partial charge in [0, 0.05) is 36.1 Å². The summed E-state index contributed by atoms with van der Waals surface area (Å²) in [5, 5.41) is 15.2. The Balaban J connectivity index is 1.56. The van der Waals surface area contributed by atoms with E-state index in [4.69, 9.17) is 4.74 Å². The number of nitrogens with one attached hydrogen (secondary N) is 2. The third-order valence-corrected chi connectivity index (χ3v) is 5.39. The van der Waals surface area contributed by atoms with Crippen molar-refractivity contribution in [2.45, 2.75) is 12.0 Å². The molecule has 1 heterocycles. The minimum absolute atomic E-state index is 0.153. The van der Waals surface area contributed by atoms with Gasteiger partial charge in [0.15, 0.2) is 0 Å². The van der Waals surface area contributed by atoms with E-state index in [0.717, 1.165) is 23.4 Å². The smallest absolute Gasteiger partial charge is 0.118 e. The fraction of sp³-hybridized carbons (Fsp3) is 0.200. The van der Waals surface area contributed by atoms with Gasteiger partial charge in [-0.15, -0.1) is 0 Å². The van der Waals surface area contributed by atoms with Gasteiger partial charge in [-0.05, 0) is 34.9 Å². The molecule has 4 heteroatoms. The van der Waals surface area contributed by atoms with Gasteiger partial charge in [-0.25, -0.2) is 0 Å². The molecule has 0 aliphatic heterocycles. The molecule has 0 saturated carbocycles. The number of aliphatic hydroxyl groups excluding tert-OH is 1. The molecule has 3 aromatic carbocycles. The van der Waals surface area contributed by atoms with Crippen molar-refractivity contribution in [3.63, 3.8) is 0 Å². The van der Waals surface area contributed by atoms with Crippen LogP contribution >= 0.6 is 0 Å². The molecule has 4 nitrogen and oxygen atoms in total. The van der Waals surface area contributed by atoms with Gasteiger partial charge >= 0.3 is 0 Å². The number of aromatic nitrogens is 1. The molecule has 29 heavy (non-hydrogen) atoms. The largest absolute Gasteiger partial charge is 0.497 e. The molecule has 0 amide bonds. The number of aromatic amines is 1. The molecule has 0 spiro atoms. The Bertz CT molecular complexity index is 1040. The van der Waals surface area contributed by atoms with Crippen molar-refractivity contribution in [2.75, 3.05) is 20.2 Å². The van der Waals surface area contributed by atoms with E-state index in [1.165, 1.54) is 16.5 Å². The van der Waals surface area contributed by atoms with Gasteiger partial charge < -0.3 is 20.1 Å². The summed E-state index contributed by atoms with van der Waals surface area (Å²) in [5.74, 6) is 0.999. The van der Waals surface area contributed by atoms with Crippen LogP contribution in [0.3, 0.4) is 0 Å². The lowest BCUT2D eigenvalue weighted by Gasteiger charge is -2.20. The summed E-state index contributed by atoms with van der Waals surface area (Å²) in [6.45, 7) is 1.22. The number of hydrogen-bond acceptors (Lipinski definition) is 3. The summed E-state index contributed by atoms with van der Waals surface area (Å²) in [4.78, 5) is 3.38. The van der Waals surface area contributed by atoms with Gasteiger partial charge in [-0.2, -0.15) is 0 Å². The Hall–Kier alpha value is -3.08. The summed E-state index contributed by atoms with van der Waals surface area (Å²) < 4.78 is 5.32. The second kappa shape index (κ2) is 8.95. The highest BCUT2D eigenvalue weighted by atomic mass is 16.5. The Kier molecular flexibility index (Phi) is 5.94. The summed E-state index contributed by atoms with van der Waals surface area (Å²) >= 11 is 0. The zero-order chi connectivity index (χ0) is 20.1. The Morgan fingerprint density at radius 2 is 1.59 bits per heavy atom. The standard InChI is InChI=1S/C25H26N2O2/c1-29-20-13-11-18(12-14-20)22(23-16-27-24-10-6-5-9-21(23)24)15-26-17-25(28)19-7-3-2-4-8-19/h2-14,16,22,25-28H,15,17H2,1H3/t22-,25+/m1/s1. The number of H-pyrrole nitrogens is 1. The summed E-state index contributed by atoms with van der Waals surface area (Å²) in [6.07, 6.45) is 1.56. The monoisotopic (exact) mass is 386 g/mol. The summed E-state index contributed by atoms with van der Waals surface area (Å²) in [7, 11) is 1.68. The lowest BCUT2D eigenvalue weighted by Crippen LogP contribution is -2.27. The topological polar surface area (TPSA) is 57.3 Å². The van der Waals surface area contributed by atoms with Crippen molar-refractivity contribution >= 4 is 10.9 Å². The van der Waals surface area contributed by atoms with Gasteiger partial charge in [0.05, 0.1) is 13.2 Å². The van der Waals surface area contributed by atoms with Crippen LogP contribution in [0.25, 0.3) is 10.9 Å². The number of aliphatic hydroxyl groups is 1. The zero-order valence-corrected chi connectivity index (χ0v) is 16.5. The van der Waals surface area contributed by atoms with E-state index in [1.54, 1.807) is 7.11 Å². The van der Waals surface area contributed by atoms with Gasteiger partial charge in [-0.3, -0.25) is 0 Å². The molecule has 3 N–H and O–H groups in total. The van der Waals surface area contributed by atoms with Crippen molar-refractivity contribution in [3.8, 4) is 5.75 Å². The maximum atomic E-state index is 10.5. The van der Waals surface area contributed by atoms with E-state index in [1.807, 2.05) is 48.5 Å². The van der Waals surface area contributed by atoms with Crippen LogP contribution < -0.4 is 10.1 Å². The average Bonchev–Trinajstić information content (AvgIpc) is 3.21. The SMILES string of the molecule is COc1ccc([C@@H](CNC[C@H](O)c2ccccc2)c2c[nH]c3ccccc23)cc1. The number of benzene rings is 3. The first-order valence-corrected chi connectivity index (χ1v) is 9.90. The summed E-state index contributed by atoms with van der Waals surface area (Å²) in [6, 6.07) is 26.3. The second-order valence-electron chi connectivity index (χ2n) is 7.20. The van der Waals surface area contributed by atoms with Gasteiger partial charge in [0.1, 0.15) is 5.75 Å². The fourth-order valence-corrected chi connectivity index (χ4v) is 3.78. The molecular formula is C25H26N2O2. The normalized spacial score (nSPS) is 13.3. The van der Waals surface area contributed by atoms with E-state index >= 15 is 0 Å². The third-order valence-electron chi connectivity index (χ3n) is 5.39. The molecule has 0 fully saturated rings. The lowest BCUT2D eigenvalue weighted by atomic mass is 9.90. The van der Waals surface area contributed by atoms with Crippen LogP contribution in [0.5, 0.6) is 5.75 Å². The van der Waals surface area contributed by atoms with Gasteiger partial charge in [0.2, 0.25) is 0 Å². The first-order valence-electron chi connectivity index (χ1n) is 9.90. The number of fused-ring (bicyclic) bond motifs is 1. The highest BCUT2D eigenvalue weighted by Gasteiger charge is 2.19. The quantitative estimate of drug-likeness (QED) is 0.414. The minimum atomic E-state index is -0.532. The highest BCUT2D eigenvalue weighted by molar-refractivity contribution is 5.84. The highest BCUT2D eigenvalue weighted by Crippen LogP contribution is 2.31. The second-order valence-corrected chi connectivity index (χ2v) is 7.20. The minimum Gasteiger partial charge on any atom is -0.497 e. The van der Waals surface area contributed by atoms with E-state index < -0.39 is 6.10 Å². The van der Waals surface area contributed by atoms with Gasteiger partial charge in [0.25, 0.3) is 0 Å². The molecule has 0 aliphatic rings. The number of methoxy groups -OCH3 is 1. The molecule has 4 aromatic rings. The Labute approximate surface area is 171 Å². The molecule has 1 aromatic heterocycles. The molecule has 0 saturated heterocycles. The summed E-state index contributed by atoms with van der Waals surface area (Å²) in [5.41, 5.74) is 4.50. The molecule has 0 aliphatic carbocycles. The van der Waals surface area contributed by atoms with E-state index in [0.29, 0.717) is 6.54 Å². The molecular weight excluding hydrogens is 360 g/mol. The molecule has 0 unspecified atom stereocenters. The lowest BCUT2D eigenvalue weighted by molar-refractivity contribution is 0.174. The van der Waals surface area contributed by atoms with Crippen LogP contribution in [-0.4, -0.2) is 30.3 Å². The van der Waals surface area contributed by atoms with Crippen molar-refractivity contribution in [3.05, 3.63) is 102 Å².